The lowest BCUT2D eigenvalue weighted by Gasteiger charge is -2.10. The van der Waals surface area contributed by atoms with E-state index in [1.54, 1.807) is 6.20 Å². The van der Waals surface area contributed by atoms with E-state index in [1.807, 2.05) is 42.9 Å². The van der Waals surface area contributed by atoms with Crippen molar-refractivity contribution in [1.82, 2.24) is 25.2 Å². The van der Waals surface area contributed by atoms with Crippen molar-refractivity contribution in [2.24, 2.45) is 11.8 Å². The summed E-state index contributed by atoms with van der Waals surface area (Å²) in [6.45, 7) is 7.05. The van der Waals surface area contributed by atoms with Crippen LogP contribution in [0.4, 0.5) is 0 Å². The van der Waals surface area contributed by atoms with Gasteiger partial charge in [-0.05, 0) is 38.3 Å². The van der Waals surface area contributed by atoms with Gasteiger partial charge in [-0.15, -0.1) is 0 Å². The Kier molecular flexibility index (Phi) is 4.51. The quantitative estimate of drug-likeness (QED) is 0.726. The van der Waals surface area contributed by atoms with E-state index in [0.29, 0.717) is 24.8 Å². The molecule has 140 valence electrons. The lowest BCUT2D eigenvalue weighted by Crippen LogP contribution is -2.29. The summed E-state index contributed by atoms with van der Waals surface area (Å²) in [5.41, 5.74) is 4.49. The minimum absolute atomic E-state index is 0.138. The highest BCUT2D eigenvalue weighted by molar-refractivity contribution is 5.81. The zero-order valence-electron chi connectivity index (χ0n) is 15.8. The van der Waals surface area contributed by atoms with E-state index in [9.17, 15) is 4.79 Å². The van der Waals surface area contributed by atoms with Crippen molar-refractivity contribution in [3.8, 4) is 22.6 Å². The van der Waals surface area contributed by atoms with Gasteiger partial charge in [-0.25, -0.2) is 0 Å². The van der Waals surface area contributed by atoms with Gasteiger partial charge in [0.05, 0.1) is 29.7 Å². The molecule has 0 radical (unpaired) electrons. The van der Waals surface area contributed by atoms with E-state index in [1.165, 1.54) is 0 Å². The molecule has 3 aromatic heterocycles. The highest BCUT2D eigenvalue weighted by atomic mass is 16.5. The van der Waals surface area contributed by atoms with E-state index >= 15 is 0 Å². The van der Waals surface area contributed by atoms with Crippen molar-refractivity contribution < 1.29 is 9.32 Å². The molecular weight excluding hydrogens is 342 g/mol. The van der Waals surface area contributed by atoms with Gasteiger partial charge in [-0.1, -0.05) is 12.1 Å². The lowest BCUT2D eigenvalue weighted by atomic mass is 10.1. The molecule has 1 N–H and O–H groups in total. The number of aryl methyl sites for hydroxylation is 2. The number of carbonyl (C=O) groups excluding carboxylic acids is 1. The van der Waals surface area contributed by atoms with Gasteiger partial charge in [0, 0.05) is 36.0 Å². The van der Waals surface area contributed by atoms with Crippen LogP contribution in [0.3, 0.4) is 0 Å². The number of rotatable bonds is 6. The Bertz CT molecular complexity index is 957. The molecule has 2 atom stereocenters. The Morgan fingerprint density at radius 3 is 2.74 bits per heavy atom. The van der Waals surface area contributed by atoms with E-state index in [2.05, 4.69) is 27.5 Å². The molecule has 0 saturated heterocycles. The average Bonchev–Trinajstić information content (AvgIpc) is 3.03. The summed E-state index contributed by atoms with van der Waals surface area (Å²) in [6.07, 6.45) is 4.60. The Morgan fingerprint density at radius 2 is 2.11 bits per heavy atom. The fourth-order valence-corrected chi connectivity index (χ4v) is 3.24. The van der Waals surface area contributed by atoms with Crippen LogP contribution in [0, 0.1) is 25.7 Å². The van der Waals surface area contributed by atoms with Gasteiger partial charge in [0.15, 0.2) is 5.76 Å². The van der Waals surface area contributed by atoms with Gasteiger partial charge in [0.25, 0.3) is 0 Å². The maximum absolute atomic E-state index is 12.1. The van der Waals surface area contributed by atoms with Crippen LogP contribution in [0.15, 0.2) is 35.1 Å². The maximum Gasteiger partial charge on any atom is 0.223 e. The smallest absolute Gasteiger partial charge is 0.223 e. The highest BCUT2D eigenvalue weighted by Gasteiger charge is 2.38. The predicted molar refractivity (Wildman–Crippen MR) is 101 cm³/mol. The van der Waals surface area contributed by atoms with Crippen LogP contribution in [-0.4, -0.2) is 32.4 Å². The second-order valence-corrected chi connectivity index (χ2v) is 7.26. The molecule has 7 heteroatoms. The second-order valence-electron chi connectivity index (χ2n) is 7.26. The summed E-state index contributed by atoms with van der Waals surface area (Å²) in [5.74, 6) is 1.49. The predicted octanol–water partition coefficient (Wildman–Crippen LogP) is 2.99. The average molecular weight is 365 g/mol. The molecular formula is C20H23N5O2. The number of nitrogens with zero attached hydrogens (tertiary/aromatic N) is 4. The minimum Gasteiger partial charge on any atom is -0.356 e. The summed E-state index contributed by atoms with van der Waals surface area (Å²) in [5, 5.41) is 11.5. The molecule has 1 aliphatic rings. The van der Waals surface area contributed by atoms with Gasteiger partial charge >= 0.3 is 0 Å². The Balaban J connectivity index is 1.59. The Morgan fingerprint density at radius 1 is 1.30 bits per heavy atom. The molecule has 3 heterocycles. The number of hydrogen-bond donors (Lipinski definition) is 1. The first-order valence-corrected chi connectivity index (χ1v) is 9.23. The second kappa shape index (κ2) is 6.98. The summed E-state index contributed by atoms with van der Waals surface area (Å²) < 4.78 is 7.34. The Labute approximate surface area is 157 Å². The van der Waals surface area contributed by atoms with Gasteiger partial charge < -0.3 is 9.84 Å². The van der Waals surface area contributed by atoms with E-state index in [0.717, 1.165) is 34.6 Å². The van der Waals surface area contributed by atoms with Crippen molar-refractivity contribution in [1.29, 1.82) is 0 Å². The molecule has 3 aromatic rings. The highest BCUT2D eigenvalue weighted by Crippen LogP contribution is 2.37. The summed E-state index contributed by atoms with van der Waals surface area (Å²) >= 11 is 0. The number of pyridine rings is 1. The van der Waals surface area contributed by atoms with E-state index in [4.69, 9.17) is 4.52 Å². The fraction of sp³-hybridized carbons (Fsp3) is 0.400. The maximum atomic E-state index is 12.1. The number of aromatic nitrogens is 4. The number of amides is 1. The fourth-order valence-electron chi connectivity index (χ4n) is 3.24. The molecule has 0 bridgehead atoms. The number of carbonyl (C=O) groups is 1. The van der Waals surface area contributed by atoms with Crippen LogP contribution in [0.5, 0.6) is 0 Å². The van der Waals surface area contributed by atoms with Gasteiger partial charge in [-0.2, -0.15) is 5.10 Å². The number of hydrogen-bond acceptors (Lipinski definition) is 5. The van der Waals surface area contributed by atoms with Crippen LogP contribution in [0.25, 0.3) is 22.6 Å². The summed E-state index contributed by atoms with van der Waals surface area (Å²) in [6, 6.07) is 5.88. The number of nitrogens with one attached hydrogen (secondary N) is 1. The van der Waals surface area contributed by atoms with Gasteiger partial charge in [0.2, 0.25) is 5.91 Å². The third kappa shape index (κ3) is 3.63. The molecule has 1 fully saturated rings. The summed E-state index contributed by atoms with van der Waals surface area (Å²) in [7, 11) is 0. The van der Waals surface area contributed by atoms with Crippen LogP contribution in [0.1, 0.15) is 24.7 Å². The molecule has 0 spiro atoms. The van der Waals surface area contributed by atoms with Crippen molar-refractivity contribution >= 4 is 5.91 Å². The van der Waals surface area contributed by atoms with Crippen LogP contribution < -0.4 is 5.32 Å². The van der Waals surface area contributed by atoms with Crippen molar-refractivity contribution in [3.63, 3.8) is 0 Å². The van der Waals surface area contributed by atoms with Crippen molar-refractivity contribution in [3.05, 3.63) is 42.0 Å². The molecule has 0 aliphatic heterocycles. The molecule has 1 amide bonds. The van der Waals surface area contributed by atoms with Crippen LogP contribution in [-0.2, 0) is 11.3 Å². The van der Waals surface area contributed by atoms with E-state index < -0.39 is 0 Å². The minimum atomic E-state index is 0.138. The summed E-state index contributed by atoms with van der Waals surface area (Å²) in [4.78, 5) is 16.5. The third-order valence-corrected chi connectivity index (χ3v) is 4.99. The third-order valence-electron chi connectivity index (χ3n) is 4.99. The molecule has 7 nitrogen and oxygen atoms in total. The SMILES string of the molecule is Cc1ccc(-c2c(-c3cc(C)no3)cnn2CCNC(=O)[C@@H]2C[C@@H]2C)cn1. The van der Waals surface area contributed by atoms with Crippen molar-refractivity contribution in [2.75, 3.05) is 6.54 Å². The first-order chi connectivity index (χ1) is 13.0. The molecule has 27 heavy (non-hydrogen) atoms. The lowest BCUT2D eigenvalue weighted by molar-refractivity contribution is -0.122. The molecule has 0 aromatic carbocycles. The van der Waals surface area contributed by atoms with E-state index in [-0.39, 0.29) is 11.8 Å². The van der Waals surface area contributed by atoms with Crippen molar-refractivity contribution in [2.45, 2.75) is 33.7 Å². The largest absolute Gasteiger partial charge is 0.356 e. The van der Waals surface area contributed by atoms with Gasteiger partial charge in [-0.3, -0.25) is 14.5 Å². The topological polar surface area (TPSA) is 85.8 Å². The van der Waals surface area contributed by atoms with Gasteiger partial charge in [0.1, 0.15) is 0 Å². The molecule has 0 unspecified atom stereocenters. The van der Waals surface area contributed by atoms with Crippen LogP contribution in [0.2, 0.25) is 0 Å². The van der Waals surface area contributed by atoms with Crippen LogP contribution >= 0.6 is 0 Å². The molecule has 1 saturated carbocycles. The standard InChI is InChI=1S/C20H23N5O2/c1-12-8-16(12)20(26)21-6-7-25-19(15-5-4-13(2)22-10-15)17(11-23-25)18-9-14(3)24-27-18/h4-5,9-12,16H,6-8H2,1-3H3,(H,21,26)/t12-,16+/m0/s1. The first kappa shape index (κ1) is 17.5. The normalized spacial score (nSPS) is 18.5. The first-order valence-electron chi connectivity index (χ1n) is 9.23. The monoisotopic (exact) mass is 365 g/mol. The zero-order valence-corrected chi connectivity index (χ0v) is 15.8. The Hall–Kier alpha value is -2.96. The molecule has 1 aliphatic carbocycles. The molecule has 4 rings (SSSR count). The zero-order chi connectivity index (χ0) is 19.0.